The summed E-state index contributed by atoms with van der Waals surface area (Å²) in [5.41, 5.74) is -1.04. The minimum absolute atomic E-state index is 0.00674. The fourth-order valence-electron chi connectivity index (χ4n) is 1.92. The van der Waals surface area contributed by atoms with E-state index in [0.29, 0.717) is 6.54 Å². The second-order valence-corrected chi connectivity index (χ2v) is 5.97. The Balaban J connectivity index is 2.56. The van der Waals surface area contributed by atoms with Gasteiger partial charge in [0.2, 0.25) is 5.91 Å². The van der Waals surface area contributed by atoms with Crippen molar-refractivity contribution in [3.8, 4) is 6.07 Å². The fourth-order valence-corrected chi connectivity index (χ4v) is 1.92. The summed E-state index contributed by atoms with van der Waals surface area (Å²) in [6.07, 6.45) is 0. The molecule has 0 atom stereocenters. The van der Waals surface area contributed by atoms with E-state index in [1.165, 1.54) is 0 Å². The van der Waals surface area contributed by atoms with Gasteiger partial charge in [-0.2, -0.15) is 5.26 Å². The second-order valence-electron chi connectivity index (χ2n) is 5.97. The Morgan fingerprint density at radius 3 is 2.39 bits per heavy atom. The molecule has 0 aliphatic carbocycles. The van der Waals surface area contributed by atoms with Crippen LogP contribution < -0.4 is 10.6 Å². The van der Waals surface area contributed by atoms with Crippen molar-refractivity contribution in [2.45, 2.75) is 33.2 Å². The van der Waals surface area contributed by atoms with Crippen molar-refractivity contribution in [1.82, 2.24) is 15.5 Å². The number of carbonyl (C=O) groups excluding carboxylic acids is 1. The maximum atomic E-state index is 12.2. The highest BCUT2D eigenvalue weighted by Gasteiger charge is 2.35. The molecule has 0 aromatic carbocycles. The Hall–Kier alpha value is -1.12. The van der Waals surface area contributed by atoms with E-state index in [1.807, 2.05) is 27.7 Å². The predicted octanol–water partition coefficient (Wildman–Crippen LogP) is 0.336. The molecule has 0 saturated carbocycles. The van der Waals surface area contributed by atoms with Gasteiger partial charge in [-0.15, -0.1) is 0 Å². The van der Waals surface area contributed by atoms with E-state index < -0.39 is 11.0 Å². The molecule has 0 aromatic heterocycles. The van der Waals surface area contributed by atoms with Crippen molar-refractivity contribution in [1.29, 1.82) is 5.26 Å². The molecule has 1 aliphatic rings. The molecule has 18 heavy (non-hydrogen) atoms. The van der Waals surface area contributed by atoms with Crippen LogP contribution in [0.3, 0.4) is 0 Å². The first-order chi connectivity index (χ1) is 8.29. The minimum Gasteiger partial charge on any atom is -0.353 e. The normalized spacial score (nSPS) is 18.2. The Kier molecular flexibility index (Phi) is 4.71. The number of carbonyl (C=O) groups is 1. The largest absolute Gasteiger partial charge is 0.353 e. The Morgan fingerprint density at radius 1 is 1.33 bits per heavy atom. The van der Waals surface area contributed by atoms with Crippen LogP contribution >= 0.6 is 0 Å². The first kappa shape index (κ1) is 14.9. The van der Waals surface area contributed by atoms with Crippen molar-refractivity contribution in [3.05, 3.63) is 0 Å². The smallest absolute Gasteiger partial charge is 0.240 e. The lowest BCUT2D eigenvalue weighted by Crippen LogP contribution is -2.60. The molecule has 0 spiro atoms. The van der Waals surface area contributed by atoms with Crippen molar-refractivity contribution >= 4 is 5.91 Å². The van der Waals surface area contributed by atoms with Gasteiger partial charge in [0.15, 0.2) is 0 Å². The van der Waals surface area contributed by atoms with Gasteiger partial charge < -0.3 is 10.6 Å². The van der Waals surface area contributed by atoms with Gasteiger partial charge in [0.25, 0.3) is 0 Å². The lowest BCUT2D eigenvalue weighted by Gasteiger charge is -2.40. The number of piperazine rings is 1. The maximum absolute atomic E-state index is 12.2. The van der Waals surface area contributed by atoms with Gasteiger partial charge >= 0.3 is 0 Å². The van der Waals surface area contributed by atoms with Crippen LogP contribution in [0.5, 0.6) is 0 Å². The van der Waals surface area contributed by atoms with Gasteiger partial charge in [-0.05, 0) is 27.7 Å². The molecule has 1 saturated heterocycles. The molecule has 0 aromatic rings. The average molecular weight is 252 g/mol. The molecule has 5 heteroatoms. The molecule has 0 unspecified atom stereocenters. The third-order valence-electron chi connectivity index (χ3n) is 3.46. The highest BCUT2D eigenvalue weighted by atomic mass is 16.2. The monoisotopic (exact) mass is 252 g/mol. The SMILES string of the molecule is CC(C)(C#N)CNC(=O)C(C)(C)N1CCNCC1. The van der Waals surface area contributed by atoms with Crippen LogP contribution in [-0.4, -0.2) is 49.1 Å². The van der Waals surface area contributed by atoms with Crippen LogP contribution in [-0.2, 0) is 4.79 Å². The van der Waals surface area contributed by atoms with Gasteiger partial charge in [-0.1, -0.05) is 0 Å². The quantitative estimate of drug-likeness (QED) is 0.757. The summed E-state index contributed by atoms with van der Waals surface area (Å²) in [5, 5.41) is 15.1. The molecular formula is C13H24N4O. The summed E-state index contributed by atoms with van der Waals surface area (Å²) < 4.78 is 0. The first-order valence-corrected chi connectivity index (χ1v) is 6.45. The van der Waals surface area contributed by atoms with Crippen LogP contribution in [0.2, 0.25) is 0 Å². The van der Waals surface area contributed by atoms with E-state index in [-0.39, 0.29) is 5.91 Å². The standard InChI is InChI=1S/C13H24N4O/c1-12(2,9-14)10-16-11(18)13(3,4)17-7-5-15-6-8-17/h15H,5-8,10H2,1-4H3,(H,16,18). The fraction of sp³-hybridized carbons (Fsp3) is 0.846. The van der Waals surface area contributed by atoms with E-state index in [9.17, 15) is 4.79 Å². The topological polar surface area (TPSA) is 68.2 Å². The zero-order valence-corrected chi connectivity index (χ0v) is 11.8. The van der Waals surface area contributed by atoms with Crippen LogP contribution in [0.25, 0.3) is 0 Å². The van der Waals surface area contributed by atoms with E-state index >= 15 is 0 Å². The molecule has 5 nitrogen and oxygen atoms in total. The van der Waals surface area contributed by atoms with Crippen LogP contribution in [0.15, 0.2) is 0 Å². The zero-order chi connectivity index (χ0) is 13.8. The van der Waals surface area contributed by atoms with Gasteiger partial charge in [0.05, 0.1) is 17.0 Å². The summed E-state index contributed by atoms with van der Waals surface area (Å²) in [6, 6.07) is 2.19. The first-order valence-electron chi connectivity index (χ1n) is 6.45. The lowest BCUT2D eigenvalue weighted by atomic mass is 9.94. The maximum Gasteiger partial charge on any atom is 0.240 e. The summed E-state index contributed by atoms with van der Waals surface area (Å²) in [6.45, 7) is 11.5. The molecular weight excluding hydrogens is 228 g/mol. The lowest BCUT2D eigenvalue weighted by molar-refractivity contribution is -0.132. The highest BCUT2D eigenvalue weighted by Crippen LogP contribution is 2.17. The Morgan fingerprint density at radius 2 is 1.89 bits per heavy atom. The number of rotatable bonds is 4. The molecule has 102 valence electrons. The second kappa shape index (κ2) is 5.68. The zero-order valence-electron chi connectivity index (χ0n) is 11.8. The molecule has 1 rings (SSSR count). The van der Waals surface area contributed by atoms with Crippen LogP contribution in [0, 0.1) is 16.7 Å². The predicted molar refractivity (Wildman–Crippen MR) is 70.9 cm³/mol. The number of hydrogen-bond acceptors (Lipinski definition) is 4. The summed E-state index contributed by atoms with van der Waals surface area (Å²) >= 11 is 0. The molecule has 1 heterocycles. The Labute approximate surface area is 110 Å². The molecule has 0 radical (unpaired) electrons. The van der Waals surface area contributed by atoms with Crippen molar-refractivity contribution in [2.24, 2.45) is 5.41 Å². The summed E-state index contributed by atoms with van der Waals surface area (Å²) in [5.74, 6) is -0.00674. The van der Waals surface area contributed by atoms with Gasteiger partial charge in [-0.25, -0.2) is 0 Å². The van der Waals surface area contributed by atoms with Crippen molar-refractivity contribution in [2.75, 3.05) is 32.7 Å². The summed E-state index contributed by atoms with van der Waals surface area (Å²) in [7, 11) is 0. The highest BCUT2D eigenvalue weighted by molar-refractivity contribution is 5.85. The average Bonchev–Trinajstić information content (AvgIpc) is 2.37. The van der Waals surface area contributed by atoms with Gasteiger partial charge in [0, 0.05) is 32.7 Å². The van der Waals surface area contributed by atoms with E-state index in [2.05, 4.69) is 21.6 Å². The molecule has 1 amide bonds. The van der Waals surface area contributed by atoms with Gasteiger partial charge in [0.1, 0.15) is 0 Å². The Bertz CT molecular complexity index is 337. The number of hydrogen-bond donors (Lipinski definition) is 2. The van der Waals surface area contributed by atoms with Crippen LogP contribution in [0.4, 0.5) is 0 Å². The minimum atomic E-state index is -0.520. The number of amides is 1. The molecule has 1 aliphatic heterocycles. The van der Waals surface area contributed by atoms with E-state index in [1.54, 1.807) is 0 Å². The summed E-state index contributed by atoms with van der Waals surface area (Å²) in [4.78, 5) is 14.4. The van der Waals surface area contributed by atoms with Crippen LogP contribution in [0.1, 0.15) is 27.7 Å². The number of nitrogens with zero attached hydrogens (tertiary/aromatic N) is 2. The third kappa shape index (κ3) is 3.69. The van der Waals surface area contributed by atoms with E-state index in [4.69, 9.17) is 5.26 Å². The molecule has 2 N–H and O–H groups in total. The number of nitrogens with one attached hydrogen (secondary N) is 2. The van der Waals surface area contributed by atoms with Crippen molar-refractivity contribution in [3.63, 3.8) is 0 Å². The molecule has 1 fully saturated rings. The van der Waals surface area contributed by atoms with E-state index in [0.717, 1.165) is 26.2 Å². The third-order valence-corrected chi connectivity index (χ3v) is 3.46. The molecule has 0 bridgehead atoms. The number of nitriles is 1. The van der Waals surface area contributed by atoms with Gasteiger partial charge in [-0.3, -0.25) is 9.69 Å². The van der Waals surface area contributed by atoms with Crippen molar-refractivity contribution < 1.29 is 4.79 Å².